The summed E-state index contributed by atoms with van der Waals surface area (Å²) in [5.74, 6) is -2.31. The fraction of sp³-hybridized carbons (Fsp3) is 0.143. The van der Waals surface area contributed by atoms with Crippen molar-refractivity contribution in [3.8, 4) is 0 Å². The Morgan fingerprint density at radius 3 is 2.25 bits per heavy atom. The number of aromatic nitrogens is 1. The zero-order valence-electron chi connectivity index (χ0n) is 11.6. The molecule has 0 aliphatic carbocycles. The van der Waals surface area contributed by atoms with Gasteiger partial charge in [0.05, 0.1) is 5.56 Å². The maximum atomic E-state index is 13.0. The number of hydrogen-bond acceptors (Lipinski definition) is 2. The Bertz CT molecular complexity index is 866. The number of anilines is 1. The molecule has 0 aliphatic rings. The van der Waals surface area contributed by atoms with Crippen LogP contribution in [0.15, 0.2) is 41.8 Å². The average Bonchev–Trinajstić information content (AvgIpc) is 2.45. The average molecular weight is 350 g/mol. The summed E-state index contributed by atoms with van der Waals surface area (Å²) in [4.78, 5) is 24.8. The molecule has 1 aromatic heterocycles. The fourth-order valence-electron chi connectivity index (χ4n) is 2.07. The second-order valence-electron chi connectivity index (χ2n) is 4.63. The molecule has 0 aliphatic heterocycles. The summed E-state index contributed by atoms with van der Waals surface area (Å²) in [5.41, 5.74) is -3.06. The molecule has 4 nitrogen and oxygen atoms in total. The van der Waals surface area contributed by atoms with Gasteiger partial charge in [-0.1, -0.05) is 6.58 Å². The lowest BCUT2D eigenvalue weighted by Crippen LogP contribution is -2.37. The third kappa shape index (κ3) is 3.26. The first-order valence-electron chi connectivity index (χ1n) is 6.22. The van der Waals surface area contributed by atoms with Gasteiger partial charge in [0.2, 0.25) is 5.56 Å². The summed E-state index contributed by atoms with van der Waals surface area (Å²) in [7, 11) is 0. The first-order chi connectivity index (χ1) is 10.9. The Hall–Kier alpha value is -2.78. The number of rotatable bonds is 2. The van der Waals surface area contributed by atoms with Crippen molar-refractivity contribution >= 4 is 22.5 Å². The van der Waals surface area contributed by atoms with Crippen LogP contribution in [0.2, 0.25) is 0 Å². The smallest absolute Gasteiger partial charge is 0.322 e. The third-order valence-electron chi connectivity index (χ3n) is 3.05. The summed E-state index contributed by atoms with van der Waals surface area (Å²) < 4.78 is 76.7. The number of nitrogens with zero attached hydrogens (tertiary/aromatic N) is 1. The number of pyridine rings is 1. The monoisotopic (exact) mass is 350 g/mol. The number of benzene rings is 1. The van der Waals surface area contributed by atoms with Crippen LogP contribution in [0.1, 0.15) is 5.56 Å². The van der Waals surface area contributed by atoms with E-state index < -0.39 is 40.5 Å². The Morgan fingerprint density at radius 1 is 1.12 bits per heavy atom. The molecule has 0 spiro atoms. The number of aromatic amines is 1. The molecule has 0 saturated carbocycles. The van der Waals surface area contributed by atoms with Crippen LogP contribution in [-0.2, 0) is 11.0 Å². The number of alkyl halides is 6. The molecular weight excluding hydrogens is 342 g/mol. The molecule has 0 saturated heterocycles. The van der Waals surface area contributed by atoms with Gasteiger partial charge in [-0.25, -0.2) is 0 Å². The van der Waals surface area contributed by atoms with E-state index in [-0.39, 0.29) is 16.5 Å². The van der Waals surface area contributed by atoms with E-state index in [1.807, 2.05) is 0 Å². The number of carbonyl (C=O) groups is 1. The third-order valence-corrected chi connectivity index (χ3v) is 3.05. The topological polar surface area (TPSA) is 53.2 Å². The molecule has 0 bridgehead atoms. The van der Waals surface area contributed by atoms with Crippen molar-refractivity contribution in [2.24, 2.45) is 0 Å². The molecule has 0 unspecified atom stereocenters. The molecule has 1 amide bonds. The van der Waals surface area contributed by atoms with Gasteiger partial charge in [0.25, 0.3) is 0 Å². The summed E-state index contributed by atoms with van der Waals surface area (Å²) >= 11 is 0. The van der Waals surface area contributed by atoms with E-state index in [4.69, 9.17) is 0 Å². The van der Waals surface area contributed by atoms with Crippen LogP contribution in [0.25, 0.3) is 10.9 Å². The normalized spacial score (nSPS) is 12.2. The Balaban J connectivity index is 2.71. The lowest BCUT2D eigenvalue weighted by Gasteiger charge is -2.20. The van der Waals surface area contributed by atoms with Crippen molar-refractivity contribution in [1.82, 2.24) is 4.98 Å². The van der Waals surface area contributed by atoms with Crippen molar-refractivity contribution in [1.29, 1.82) is 0 Å². The predicted octanol–water partition coefficient (Wildman–Crippen LogP) is 3.59. The van der Waals surface area contributed by atoms with Crippen molar-refractivity contribution in [2.75, 3.05) is 4.90 Å². The molecule has 24 heavy (non-hydrogen) atoms. The molecule has 1 N–H and O–H groups in total. The van der Waals surface area contributed by atoms with Gasteiger partial charge in [0.1, 0.15) is 0 Å². The lowest BCUT2D eigenvalue weighted by atomic mass is 10.1. The van der Waals surface area contributed by atoms with Gasteiger partial charge in [0, 0.05) is 28.9 Å². The van der Waals surface area contributed by atoms with Gasteiger partial charge in [-0.15, -0.1) is 0 Å². The number of carbonyl (C=O) groups excluding carboxylic acids is 1. The van der Waals surface area contributed by atoms with Crippen molar-refractivity contribution in [3.63, 3.8) is 0 Å². The van der Waals surface area contributed by atoms with Crippen LogP contribution in [0.5, 0.6) is 0 Å². The van der Waals surface area contributed by atoms with Gasteiger partial charge in [-0.05, 0) is 18.2 Å². The van der Waals surface area contributed by atoms with E-state index in [1.54, 1.807) is 0 Å². The highest BCUT2D eigenvalue weighted by atomic mass is 19.4. The maximum Gasteiger partial charge on any atom is 0.472 e. The fourth-order valence-corrected chi connectivity index (χ4v) is 2.07. The minimum atomic E-state index is -5.24. The number of amides is 1. The molecule has 0 atom stereocenters. The zero-order chi connectivity index (χ0) is 18.3. The SMILES string of the molecule is C=CN(C(=O)C(F)(F)F)c1ccc2[nH]c(=O)cc(C(F)(F)F)c2c1. The number of hydrogen-bond donors (Lipinski definition) is 1. The van der Waals surface area contributed by atoms with Gasteiger partial charge in [-0.2, -0.15) is 26.3 Å². The molecule has 2 aromatic rings. The van der Waals surface area contributed by atoms with Crippen LogP contribution in [0.3, 0.4) is 0 Å². The van der Waals surface area contributed by atoms with E-state index in [1.165, 1.54) is 0 Å². The van der Waals surface area contributed by atoms with E-state index >= 15 is 0 Å². The molecule has 0 fully saturated rings. The lowest BCUT2D eigenvalue weighted by molar-refractivity contribution is -0.169. The van der Waals surface area contributed by atoms with E-state index in [0.29, 0.717) is 6.20 Å². The standard InChI is InChI=1S/C14H8F6N2O2/c1-2-22(12(24)14(18,19)20)7-3-4-10-8(5-7)9(13(15,16)17)6-11(23)21-10/h2-6H,1H2,(H,21,23). The van der Waals surface area contributed by atoms with Crippen molar-refractivity contribution in [3.05, 3.63) is 53.0 Å². The number of H-pyrrole nitrogens is 1. The molecular formula is C14H8F6N2O2. The van der Waals surface area contributed by atoms with Gasteiger partial charge >= 0.3 is 18.3 Å². The molecule has 2 rings (SSSR count). The summed E-state index contributed by atoms with van der Waals surface area (Å²) in [5, 5.41) is -0.554. The van der Waals surface area contributed by atoms with E-state index in [0.717, 1.165) is 18.2 Å². The summed E-state index contributed by atoms with van der Waals surface area (Å²) in [6.45, 7) is 3.06. The quantitative estimate of drug-likeness (QED) is 0.842. The number of fused-ring (bicyclic) bond motifs is 1. The van der Waals surface area contributed by atoms with Crippen LogP contribution < -0.4 is 10.5 Å². The Kier molecular flexibility index (Phi) is 4.17. The van der Waals surface area contributed by atoms with Crippen LogP contribution in [-0.4, -0.2) is 17.1 Å². The van der Waals surface area contributed by atoms with Gasteiger partial charge < -0.3 is 4.98 Å². The highest BCUT2D eigenvalue weighted by molar-refractivity contribution is 6.00. The summed E-state index contributed by atoms with van der Waals surface area (Å²) in [6.07, 6.45) is -9.60. The first kappa shape index (κ1) is 17.6. The molecule has 1 aromatic carbocycles. The Morgan fingerprint density at radius 2 is 1.75 bits per heavy atom. The minimum Gasteiger partial charge on any atom is -0.322 e. The maximum absolute atomic E-state index is 13.0. The predicted molar refractivity (Wildman–Crippen MR) is 73.3 cm³/mol. The van der Waals surface area contributed by atoms with E-state index in [9.17, 15) is 35.9 Å². The first-order valence-corrected chi connectivity index (χ1v) is 6.22. The Labute approximate surface area is 130 Å². The minimum absolute atomic E-state index is 0.0741. The zero-order valence-corrected chi connectivity index (χ0v) is 11.6. The van der Waals surface area contributed by atoms with Gasteiger partial charge in [-0.3, -0.25) is 14.5 Å². The van der Waals surface area contributed by atoms with Gasteiger partial charge in [0.15, 0.2) is 0 Å². The highest BCUT2D eigenvalue weighted by Crippen LogP contribution is 2.35. The van der Waals surface area contributed by atoms with Crippen molar-refractivity contribution < 1.29 is 31.1 Å². The molecule has 128 valence electrons. The molecule has 0 radical (unpaired) electrons. The van der Waals surface area contributed by atoms with Crippen LogP contribution in [0.4, 0.5) is 32.0 Å². The molecule has 1 heterocycles. The number of nitrogens with one attached hydrogen (secondary N) is 1. The van der Waals surface area contributed by atoms with Crippen LogP contribution in [0, 0.1) is 0 Å². The summed E-state index contributed by atoms with van der Waals surface area (Å²) in [6, 6.07) is 2.95. The highest BCUT2D eigenvalue weighted by Gasteiger charge is 2.42. The van der Waals surface area contributed by atoms with Crippen LogP contribution >= 0.6 is 0 Å². The number of halogens is 6. The largest absolute Gasteiger partial charge is 0.472 e. The second-order valence-corrected chi connectivity index (χ2v) is 4.63. The second kappa shape index (κ2) is 5.69. The molecule has 10 heteroatoms. The van der Waals surface area contributed by atoms with E-state index in [2.05, 4.69) is 11.6 Å². The van der Waals surface area contributed by atoms with Crippen molar-refractivity contribution in [2.45, 2.75) is 12.4 Å².